The molecule has 1 saturated carbocycles. The van der Waals surface area contributed by atoms with Crippen molar-refractivity contribution in [2.24, 2.45) is 0 Å². The number of carbonyl (C=O) groups excluding carboxylic acids is 2. The number of hydrogen-bond donors (Lipinski definition) is 2. The first-order chi connectivity index (χ1) is 13.1. The third-order valence-corrected chi connectivity index (χ3v) is 5.08. The van der Waals surface area contributed by atoms with Crippen molar-refractivity contribution < 1.29 is 9.59 Å². The smallest absolute Gasteiger partial charge is 0.253 e. The Morgan fingerprint density at radius 2 is 1.67 bits per heavy atom. The summed E-state index contributed by atoms with van der Waals surface area (Å²) in [7, 11) is 1.99. The molecule has 3 rings (SSSR count). The van der Waals surface area contributed by atoms with E-state index in [4.69, 9.17) is 0 Å². The zero-order valence-electron chi connectivity index (χ0n) is 15.8. The highest BCUT2D eigenvalue weighted by molar-refractivity contribution is 6.04. The molecule has 27 heavy (non-hydrogen) atoms. The van der Waals surface area contributed by atoms with Crippen LogP contribution < -0.4 is 10.6 Å². The Balaban J connectivity index is 1.59. The third-order valence-electron chi connectivity index (χ3n) is 5.08. The first kappa shape index (κ1) is 19.1. The van der Waals surface area contributed by atoms with Gasteiger partial charge in [0.05, 0.1) is 17.8 Å². The van der Waals surface area contributed by atoms with Gasteiger partial charge in [-0.1, -0.05) is 55.3 Å². The van der Waals surface area contributed by atoms with Crippen LogP contribution in [0.3, 0.4) is 0 Å². The normalized spacial score (nSPS) is 14.3. The van der Waals surface area contributed by atoms with Crippen LogP contribution in [0.25, 0.3) is 0 Å². The van der Waals surface area contributed by atoms with Gasteiger partial charge in [0.1, 0.15) is 0 Å². The largest absolute Gasteiger partial charge is 0.348 e. The van der Waals surface area contributed by atoms with E-state index in [0.717, 1.165) is 18.4 Å². The molecule has 0 unspecified atom stereocenters. The second-order valence-corrected chi connectivity index (χ2v) is 7.12. The molecule has 2 aromatic rings. The van der Waals surface area contributed by atoms with Crippen molar-refractivity contribution in [3.8, 4) is 0 Å². The van der Waals surface area contributed by atoms with Crippen molar-refractivity contribution in [2.75, 3.05) is 18.9 Å². The van der Waals surface area contributed by atoms with Crippen molar-refractivity contribution in [3.05, 3.63) is 65.7 Å². The van der Waals surface area contributed by atoms with E-state index in [0.29, 0.717) is 30.4 Å². The van der Waals surface area contributed by atoms with Crippen LogP contribution in [-0.2, 0) is 11.3 Å². The van der Waals surface area contributed by atoms with Crippen molar-refractivity contribution in [2.45, 2.75) is 38.3 Å². The van der Waals surface area contributed by atoms with Gasteiger partial charge in [0.2, 0.25) is 5.91 Å². The molecule has 0 saturated heterocycles. The number of anilines is 1. The lowest BCUT2D eigenvalue weighted by Gasteiger charge is -2.23. The van der Waals surface area contributed by atoms with Gasteiger partial charge in [-0.05, 0) is 37.6 Å². The maximum Gasteiger partial charge on any atom is 0.253 e. The first-order valence-electron chi connectivity index (χ1n) is 9.55. The van der Waals surface area contributed by atoms with Crippen LogP contribution in [0.2, 0.25) is 0 Å². The number of rotatable bonds is 7. The lowest BCUT2D eigenvalue weighted by Crippen LogP contribution is -2.36. The predicted octanol–water partition coefficient (Wildman–Crippen LogP) is 3.43. The molecule has 0 heterocycles. The number of para-hydroxylation sites is 1. The van der Waals surface area contributed by atoms with E-state index < -0.39 is 0 Å². The molecule has 5 heteroatoms. The van der Waals surface area contributed by atoms with Gasteiger partial charge in [0.25, 0.3) is 5.91 Å². The fourth-order valence-electron chi connectivity index (χ4n) is 3.55. The van der Waals surface area contributed by atoms with Crippen LogP contribution in [-0.4, -0.2) is 36.3 Å². The summed E-state index contributed by atoms with van der Waals surface area (Å²) in [6, 6.07) is 17.4. The molecule has 142 valence electrons. The Bertz CT molecular complexity index is 770. The Hall–Kier alpha value is -2.66. The van der Waals surface area contributed by atoms with Gasteiger partial charge in [-0.2, -0.15) is 0 Å². The summed E-state index contributed by atoms with van der Waals surface area (Å²) in [5, 5.41) is 5.82. The van der Waals surface area contributed by atoms with Gasteiger partial charge in [-0.25, -0.2) is 0 Å². The van der Waals surface area contributed by atoms with Crippen LogP contribution in [0.4, 0.5) is 5.69 Å². The van der Waals surface area contributed by atoms with Crippen LogP contribution >= 0.6 is 0 Å². The quantitative estimate of drug-likeness (QED) is 0.790. The van der Waals surface area contributed by atoms with E-state index in [1.54, 1.807) is 18.2 Å². The maximum atomic E-state index is 12.6. The van der Waals surface area contributed by atoms with Crippen molar-refractivity contribution in [1.82, 2.24) is 10.2 Å². The molecule has 5 nitrogen and oxygen atoms in total. The number of amides is 2. The van der Waals surface area contributed by atoms with E-state index in [2.05, 4.69) is 15.5 Å². The standard InChI is InChI=1S/C22H27N3O2/c1-25(18-11-5-6-12-18)16-21(26)24-20-14-8-7-13-19(20)22(27)23-15-17-9-3-2-4-10-17/h2-4,7-10,13-14,18H,5-6,11-12,15-16H2,1H3,(H,23,27)(H,24,26). The van der Waals surface area contributed by atoms with E-state index in [9.17, 15) is 9.59 Å². The summed E-state index contributed by atoms with van der Waals surface area (Å²) < 4.78 is 0. The van der Waals surface area contributed by atoms with Gasteiger partial charge in [0, 0.05) is 12.6 Å². The fraction of sp³-hybridized carbons (Fsp3) is 0.364. The average molecular weight is 365 g/mol. The molecule has 0 aromatic heterocycles. The molecule has 2 aromatic carbocycles. The summed E-state index contributed by atoms with van der Waals surface area (Å²) in [4.78, 5) is 27.1. The van der Waals surface area contributed by atoms with E-state index >= 15 is 0 Å². The molecule has 1 fully saturated rings. The molecule has 0 spiro atoms. The van der Waals surface area contributed by atoms with Crippen molar-refractivity contribution >= 4 is 17.5 Å². The second-order valence-electron chi connectivity index (χ2n) is 7.12. The molecule has 0 bridgehead atoms. The lowest BCUT2D eigenvalue weighted by atomic mass is 10.1. The zero-order chi connectivity index (χ0) is 19.1. The number of benzene rings is 2. The Morgan fingerprint density at radius 3 is 2.41 bits per heavy atom. The highest BCUT2D eigenvalue weighted by atomic mass is 16.2. The minimum absolute atomic E-state index is 0.0901. The van der Waals surface area contributed by atoms with Crippen LogP contribution in [0.1, 0.15) is 41.6 Å². The maximum absolute atomic E-state index is 12.6. The monoisotopic (exact) mass is 365 g/mol. The first-order valence-corrected chi connectivity index (χ1v) is 9.55. The highest BCUT2D eigenvalue weighted by Gasteiger charge is 2.21. The van der Waals surface area contributed by atoms with Crippen molar-refractivity contribution in [1.29, 1.82) is 0 Å². The second kappa shape index (κ2) is 9.33. The zero-order valence-corrected chi connectivity index (χ0v) is 15.8. The van der Waals surface area contributed by atoms with Crippen LogP contribution in [0, 0.1) is 0 Å². The van der Waals surface area contributed by atoms with Gasteiger partial charge in [-0.3, -0.25) is 14.5 Å². The van der Waals surface area contributed by atoms with Gasteiger partial charge >= 0.3 is 0 Å². The Kier molecular flexibility index (Phi) is 6.60. The Morgan fingerprint density at radius 1 is 1.00 bits per heavy atom. The van der Waals surface area contributed by atoms with E-state index in [-0.39, 0.29) is 11.8 Å². The third kappa shape index (κ3) is 5.41. The molecule has 1 aliphatic rings. The highest BCUT2D eigenvalue weighted by Crippen LogP contribution is 2.22. The number of likely N-dealkylation sites (N-methyl/N-ethyl adjacent to an activating group) is 1. The molecule has 2 N–H and O–H groups in total. The molecule has 2 amide bonds. The van der Waals surface area contributed by atoms with Crippen LogP contribution in [0.15, 0.2) is 54.6 Å². The number of nitrogens with zero attached hydrogens (tertiary/aromatic N) is 1. The average Bonchev–Trinajstić information content (AvgIpc) is 3.22. The summed E-state index contributed by atoms with van der Waals surface area (Å²) >= 11 is 0. The SMILES string of the molecule is CN(CC(=O)Nc1ccccc1C(=O)NCc1ccccc1)C1CCCC1. The number of hydrogen-bond acceptors (Lipinski definition) is 3. The molecule has 0 atom stereocenters. The minimum atomic E-state index is -0.195. The van der Waals surface area contributed by atoms with E-state index in [1.807, 2.05) is 43.4 Å². The number of nitrogens with one attached hydrogen (secondary N) is 2. The van der Waals surface area contributed by atoms with Crippen molar-refractivity contribution in [3.63, 3.8) is 0 Å². The predicted molar refractivity (Wildman–Crippen MR) is 108 cm³/mol. The summed E-state index contributed by atoms with van der Waals surface area (Å²) in [6.45, 7) is 0.789. The van der Waals surface area contributed by atoms with Gasteiger partial charge in [0.15, 0.2) is 0 Å². The summed E-state index contributed by atoms with van der Waals surface area (Å²) in [5.41, 5.74) is 2.06. The molecule has 1 aliphatic carbocycles. The Labute approximate surface area is 160 Å². The van der Waals surface area contributed by atoms with Crippen LogP contribution in [0.5, 0.6) is 0 Å². The summed E-state index contributed by atoms with van der Waals surface area (Å²) in [6.07, 6.45) is 4.78. The molecular weight excluding hydrogens is 338 g/mol. The topological polar surface area (TPSA) is 61.4 Å². The molecule has 0 radical (unpaired) electrons. The minimum Gasteiger partial charge on any atom is -0.348 e. The summed E-state index contributed by atoms with van der Waals surface area (Å²) in [5.74, 6) is -0.286. The lowest BCUT2D eigenvalue weighted by molar-refractivity contribution is -0.117. The molecule has 0 aliphatic heterocycles. The number of carbonyl (C=O) groups is 2. The van der Waals surface area contributed by atoms with Gasteiger partial charge in [-0.15, -0.1) is 0 Å². The van der Waals surface area contributed by atoms with Gasteiger partial charge < -0.3 is 10.6 Å². The van der Waals surface area contributed by atoms with E-state index in [1.165, 1.54) is 12.8 Å². The molecular formula is C22H27N3O2. The fourth-order valence-corrected chi connectivity index (χ4v) is 3.55.